The summed E-state index contributed by atoms with van der Waals surface area (Å²) in [5, 5.41) is 35.0. The van der Waals surface area contributed by atoms with Crippen LogP contribution >= 0.6 is 0 Å². The topological polar surface area (TPSA) is 165 Å². The largest absolute Gasteiger partial charge is 0.505 e. The molecule has 0 fully saturated rings. The molecule has 1 aliphatic rings. The lowest BCUT2D eigenvalue weighted by Gasteiger charge is -2.13. The van der Waals surface area contributed by atoms with Crippen molar-refractivity contribution in [3.05, 3.63) is 11.5 Å². The number of aliphatic hydroxyl groups is 4. The molecule has 2 atom stereocenters. The van der Waals surface area contributed by atoms with E-state index in [1.54, 1.807) is 0 Å². The molecule has 0 saturated carbocycles. The number of carbonyl (C=O) groups is 1. The van der Waals surface area contributed by atoms with Crippen LogP contribution in [-0.4, -0.2) is 58.5 Å². The molecule has 6 N–H and O–H groups in total. The van der Waals surface area contributed by atoms with E-state index in [0.29, 0.717) is 0 Å². The van der Waals surface area contributed by atoms with Crippen LogP contribution in [0, 0.1) is 0 Å². The maximum atomic E-state index is 10.5. The molecule has 9 nitrogen and oxygen atoms in total. The summed E-state index contributed by atoms with van der Waals surface area (Å²) in [6, 6.07) is 0. The molecule has 0 amide bonds. The van der Waals surface area contributed by atoms with E-state index in [9.17, 15) is 4.79 Å². The summed E-state index contributed by atoms with van der Waals surface area (Å²) < 4.78 is 27.1. The Morgan fingerprint density at radius 3 is 2.06 bits per heavy atom. The predicted molar refractivity (Wildman–Crippen MR) is 48.7 cm³/mol. The fourth-order valence-corrected chi connectivity index (χ4v) is 0.823. The van der Waals surface area contributed by atoms with Crippen molar-refractivity contribution in [1.29, 1.82) is 0 Å². The van der Waals surface area contributed by atoms with Crippen molar-refractivity contribution in [2.75, 3.05) is 6.61 Å². The van der Waals surface area contributed by atoms with E-state index in [-0.39, 0.29) is 0 Å². The van der Waals surface area contributed by atoms with E-state index < -0.39 is 47.7 Å². The van der Waals surface area contributed by atoms with Gasteiger partial charge in [0, 0.05) is 0 Å². The molecule has 0 radical (unpaired) electrons. The van der Waals surface area contributed by atoms with Crippen molar-refractivity contribution >= 4 is 17.3 Å². The fourth-order valence-electron chi connectivity index (χ4n) is 0.823. The van der Waals surface area contributed by atoms with Crippen LogP contribution in [0.4, 0.5) is 0 Å². The summed E-state index contributed by atoms with van der Waals surface area (Å²) in [7, 11) is 0. The fraction of sp³-hybridized carbons (Fsp3) is 0.500. The maximum absolute atomic E-state index is 10.5. The molecule has 1 unspecified atom stereocenters. The van der Waals surface area contributed by atoms with E-state index >= 15 is 0 Å². The number of rotatable bonds is 2. The zero-order valence-electron chi connectivity index (χ0n) is 7.68. The number of ether oxygens (including phenoxy) is 1. The minimum atomic E-state index is -2.61. The van der Waals surface area contributed by atoms with Crippen LogP contribution in [0.3, 0.4) is 0 Å². The summed E-state index contributed by atoms with van der Waals surface area (Å²) in [5.41, 5.74) is 0. The molecule has 1 heterocycles. The van der Waals surface area contributed by atoms with Gasteiger partial charge in [0.25, 0.3) is 11.4 Å². The molecule has 0 aromatic carbocycles. The summed E-state index contributed by atoms with van der Waals surface area (Å²) in [5.74, 6) is -2.78. The molecular formula is C6H10O9S. The molecule has 10 heteroatoms. The summed E-state index contributed by atoms with van der Waals surface area (Å²) in [6.45, 7) is -0.671. The van der Waals surface area contributed by atoms with Gasteiger partial charge in [-0.1, -0.05) is 0 Å². The van der Waals surface area contributed by atoms with Gasteiger partial charge >= 0.3 is 5.97 Å². The monoisotopic (exact) mass is 258 g/mol. The van der Waals surface area contributed by atoms with Crippen molar-refractivity contribution in [2.45, 2.75) is 12.2 Å². The second-order valence-electron chi connectivity index (χ2n) is 2.54. The van der Waals surface area contributed by atoms with Gasteiger partial charge < -0.3 is 25.2 Å². The van der Waals surface area contributed by atoms with Crippen LogP contribution in [-0.2, 0) is 20.9 Å². The van der Waals surface area contributed by atoms with E-state index in [0.717, 1.165) is 0 Å². The molecule has 0 aromatic heterocycles. The summed E-state index contributed by atoms with van der Waals surface area (Å²) >= 11 is -2.61. The van der Waals surface area contributed by atoms with E-state index in [2.05, 4.69) is 4.74 Å². The highest BCUT2D eigenvalue weighted by Crippen LogP contribution is 2.20. The molecule has 0 saturated heterocycles. The first kappa shape index (κ1) is 14.8. The van der Waals surface area contributed by atoms with Crippen LogP contribution in [0.5, 0.6) is 0 Å². The van der Waals surface area contributed by atoms with Crippen molar-refractivity contribution < 1.29 is 43.3 Å². The van der Waals surface area contributed by atoms with E-state index in [4.69, 9.17) is 33.7 Å². The second-order valence-corrected chi connectivity index (χ2v) is 3.00. The van der Waals surface area contributed by atoms with Crippen molar-refractivity contribution in [2.24, 2.45) is 0 Å². The Hall–Kier alpha value is -1.20. The van der Waals surface area contributed by atoms with Crippen LogP contribution in [0.1, 0.15) is 0 Å². The zero-order valence-corrected chi connectivity index (χ0v) is 8.49. The highest BCUT2D eigenvalue weighted by atomic mass is 32.2. The highest BCUT2D eigenvalue weighted by Gasteiger charge is 2.38. The van der Waals surface area contributed by atoms with E-state index in [1.807, 2.05) is 0 Å². The number of cyclic esters (lactones) is 1. The van der Waals surface area contributed by atoms with Crippen molar-refractivity contribution in [3.8, 4) is 0 Å². The van der Waals surface area contributed by atoms with Gasteiger partial charge in [0.1, 0.15) is 6.10 Å². The van der Waals surface area contributed by atoms with E-state index in [1.165, 1.54) is 0 Å². The standard InChI is InChI=1S/C6H8O6.H2O3S/c7-1-2(8)5-3(9)4(10)6(11)12-5;1-4(2)3/h2,5,7-10H,1H2;(H2,1,2,3)/t2?,5-;/m1./s1. The normalized spacial score (nSPS) is 21.6. The van der Waals surface area contributed by atoms with Crippen LogP contribution in [0.2, 0.25) is 0 Å². The SMILES string of the molecule is O=C1O[C@H](C(O)CO)C(O)=C1O.O=S(O)O. The Morgan fingerprint density at radius 2 is 1.81 bits per heavy atom. The number of esters is 1. The first-order valence-electron chi connectivity index (χ1n) is 3.73. The van der Waals surface area contributed by atoms with Gasteiger partial charge in [0.2, 0.25) is 5.76 Å². The lowest BCUT2D eigenvalue weighted by molar-refractivity contribution is -0.147. The molecule has 0 spiro atoms. The van der Waals surface area contributed by atoms with Gasteiger partial charge in [0.05, 0.1) is 6.61 Å². The van der Waals surface area contributed by atoms with Crippen LogP contribution in [0.25, 0.3) is 0 Å². The Morgan fingerprint density at radius 1 is 1.38 bits per heavy atom. The summed E-state index contributed by atoms with van der Waals surface area (Å²) in [6.07, 6.45) is -2.78. The number of aliphatic hydroxyl groups excluding tert-OH is 4. The lowest BCUT2D eigenvalue weighted by Crippen LogP contribution is -2.31. The van der Waals surface area contributed by atoms with Crippen LogP contribution < -0.4 is 0 Å². The van der Waals surface area contributed by atoms with Gasteiger partial charge in [-0.25, -0.2) is 4.79 Å². The smallest absolute Gasteiger partial charge is 0.377 e. The molecular weight excluding hydrogens is 248 g/mol. The molecule has 16 heavy (non-hydrogen) atoms. The van der Waals surface area contributed by atoms with Gasteiger partial charge in [-0.2, -0.15) is 4.21 Å². The zero-order chi connectivity index (χ0) is 12.9. The number of carbonyl (C=O) groups excluding carboxylic acids is 1. The molecule has 94 valence electrons. The van der Waals surface area contributed by atoms with Crippen molar-refractivity contribution in [1.82, 2.24) is 0 Å². The average Bonchev–Trinajstić information content (AvgIpc) is 2.44. The third-order valence-corrected chi connectivity index (χ3v) is 1.48. The number of hydrogen-bond donors (Lipinski definition) is 6. The third kappa shape index (κ3) is 4.12. The highest BCUT2D eigenvalue weighted by molar-refractivity contribution is 7.73. The first-order chi connectivity index (χ1) is 7.31. The predicted octanol–water partition coefficient (Wildman–Crippen LogP) is -1.73. The minimum Gasteiger partial charge on any atom is -0.505 e. The molecule has 0 bridgehead atoms. The Labute approximate surface area is 91.7 Å². The maximum Gasteiger partial charge on any atom is 0.377 e. The number of hydrogen-bond acceptors (Lipinski definition) is 7. The van der Waals surface area contributed by atoms with Crippen molar-refractivity contribution in [3.63, 3.8) is 0 Å². The molecule has 0 aliphatic carbocycles. The lowest BCUT2D eigenvalue weighted by atomic mass is 10.2. The third-order valence-electron chi connectivity index (χ3n) is 1.48. The molecule has 0 aromatic rings. The summed E-state index contributed by atoms with van der Waals surface area (Å²) in [4.78, 5) is 10.5. The second kappa shape index (κ2) is 6.40. The Balaban J connectivity index is 0.000000487. The van der Waals surface area contributed by atoms with Crippen LogP contribution in [0.15, 0.2) is 11.5 Å². The van der Waals surface area contributed by atoms with Gasteiger partial charge in [-0.05, 0) is 0 Å². The van der Waals surface area contributed by atoms with Gasteiger partial charge in [-0.3, -0.25) is 9.11 Å². The first-order valence-corrected chi connectivity index (χ1v) is 4.79. The van der Waals surface area contributed by atoms with Gasteiger partial charge in [-0.15, -0.1) is 0 Å². The molecule has 1 aliphatic heterocycles. The Kier molecular flexibility index (Phi) is 5.92. The van der Waals surface area contributed by atoms with Gasteiger partial charge in [0.15, 0.2) is 11.9 Å². The average molecular weight is 258 g/mol. The quantitative estimate of drug-likeness (QED) is 0.249. The minimum absolute atomic E-state index is 0.671. The molecule has 1 rings (SSSR count). The Bertz CT molecular complexity index is 307.